The van der Waals surface area contributed by atoms with Crippen LogP contribution in [0.5, 0.6) is 0 Å². The molecule has 2 N–H and O–H groups in total. The third kappa shape index (κ3) is 5.88. The molecule has 0 spiro atoms. The van der Waals surface area contributed by atoms with Crippen molar-refractivity contribution in [3.63, 3.8) is 0 Å². The lowest BCUT2D eigenvalue weighted by Crippen LogP contribution is -2.48. The molecule has 1 aliphatic heterocycles. The van der Waals surface area contributed by atoms with Gasteiger partial charge in [0, 0.05) is 19.1 Å². The van der Waals surface area contributed by atoms with Crippen LogP contribution in [0.15, 0.2) is 54.6 Å². The number of piperidine rings is 1. The fourth-order valence-corrected chi connectivity index (χ4v) is 3.33. The Hall–Kier alpha value is -3.22. The van der Waals surface area contributed by atoms with E-state index in [9.17, 15) is 18.8 Å². The highest BCUT2D eigenvalue weighted by Crippen LogP contribution is 2.16. The van der Waals surface area contributed by atoms with Crippen LogP contribution < -0.4 is 10.6 Å². The van der Waals surface area contributed by atoms with E-state index in [4.69, 9.17) is 0 Å². The zero-order valence-corrected chi connectivity index (χ0v) is 16.1. The molecule has 3 amide bonds. The van der Waals surface area contributed by atoms with Crippen LogP contribution in [0.25, 0.3) is 0 Å². The first kappa shape index (κ1) is 20.5. The monoisotopic (exact) mass is 397 g/mol. The highest BCUT2D eigenvalue weighted by molar-refractivity contribution is 5.94. The van der Waals surface area contributed by atoms with Crippen LogP contribution in [0, 0.1) is 5.82 Å². The normalized spacial score (nSPS) is 14.3. The first-order chi connectivity index (χ1) is 14.0. The van der Waals surface area contributed by atoms with Crippen molar-refractivity contribution in [3.8, 4) is 0 Å². The van der Waals surface area contributed by atoms with Gasteiger partial charge in [0.25, 0.3) is 5.91 Å². The lowest BCUT2D eigenvalue weighted by Gasteiger charge is -2.32. The van der Waals surface area contributed by atoms with Gasteiger partial charge in [-0.15, -0.1) is 0 Å². The lowest BCUT2D eigenvalue weighted by molar-refractivity contribution is -0.126. The Morgan fingerprint density at radius 1 is 0.931 bits per heavy atom. The number of likely N-dealkylation sites (tertiary alicyclic amines) is 1. The number of nitrogens with zero attached hydrogens (tertiary/aromatic N) is 1. The topological polar surface area (TPSA) is 78.5 Å². The first-order valence-corrected chi connectivity index (χ1v) is 9.66. The molecule has 1 fully saturated rings. The van der Waals surface area contributed by atoms with Crippen LogP contribution in [-0.4, -0.2) is 48.3 Å². The van der Waals surface area contributed by atoms with E-state index >= 15 is 0 Å². The number of carbonyl (C=O) groups excluding carboxylic acids is 3. The van der Waals surface area contributed by atoms with Gasteiger partial charge in [0.2, 0.25) is 11.8 Å². The standard InChI is InChI=1S/C22H24FN3O3/c23-19-9-5-4-8-18(19)22(29)26-12-10-17(11-13-26)25-21(28)15-24-20(27)14-16-6-2-1-3-7-16/h1-9,17H,10-15H2,(H,24,27)(H,25,28). The van der Waals surface area contributed by atoms with Gasteiger partial charge in [-0.05, 0) is 30.5 Å². The minimum atomic E-state index is -0.529. The van der Waals surface area contributed by atoms with E-state index in [1.807, 2.05) is 30.3 Å². The zero-order chi connectivity index (χ0) is 20.6. The fourth-order valence-electron chi connectivity index (χ4n) is 3.33. The van der Waals surface area contributed by atoms with E-state index in [1.165, 1.54) is 12.1 Å². The van der Waals surface area contributed by atoms with Crippen molar-refractivity contribution >= 4 is 17.7 Å². The second kappa shape index (κ2) is 9.82. The Labute approximate surface area is 169 Å². The Bertz CT molecular complexity index is 865. The van der Waals surface area contributed by atoms with Gasteiger partial charge in [0.1, 0.15) is 5.82 Å². The molecule has 0 unspecified atom stereocenters. The van der Waals surface area contributed by atoms with Crippen molar-refractivity contribution in [1.29, 1.82) is 0 Å². The molecule has 1 aliphatic rings. The first-order valence-electron chi connectivity index (χ1n) is 9.66. The summed E-state index contributed by atoms with van der Waals surface area (Å²) in [6.07, 6.45) is 1.40. The van der Waals surface area contributed by atoms with Gasteiger partial charge in [0.15, 0.2) is 0 Å². The quantitative estimate of drug-likeness (QED) is 0.782. The smallest absolute Gasteiger partial charge is 0.256 e. The van der Waals surface area contributed by atoms with Crippen molar-refractivity contribution in [3.05, 3.63) is 71.5 Å². The second-order valence-corrected chi connectivity index (χ2v) is 7.05. The van der Waals surface area contributed by atoms with Crippen LogP contribution in [0.2, 0.25) is 0 Å². The molecule has 1 saturated heterocycles. The van der Waals surface area contributed by atoms with Crippen molar-refractivity contribution in [2.75, 3.05) is 19.6 Å². The third-order valence-electron chi connectivity index (χ3n) is 4.91. The summed E-state index contributed by atoms with van der Waals surface area (Å²) in [6, 6.07) is 15.2. The van der Waals surface area contributed by atoms with Gasteiger partial charge < -0.3 is 15.5 Å². The molecule has 0 aromatic heterocycles. The summed E-state index contributed by atoms with van der Waals surface area (Å²) in [5, 5.41) is 5.50. The van der Waals surface area contributed by atoms with Gasteiger partial charge in [-0.2, -0.15) is 0 Å². The molecule has 7 heteroatoms. The molecular formula is C22H24FN3O3. The van der Waals surface area contributed by atoms with Crippen molar-refractivity contribution in [2.24, 2.45) is 0 Å². The average molecular weight is 397 g/mol. The number of rotatable bonds is 6. The Kier molecular flexibility index (Phi) is 6.94. The number of hydrogen-bond acceptors (Lipinski definition) is 3. The van der Waals surface area contributed by atoms with Crippen LogP contribution in [0.1, 0.15) is 28.8 Å². The van der Waals surface area contributed by atoms with Crippen LogP contribution in [0.3, 0.4) is 0 Å². The van der Waals surface area contributed by atoms with Gasteiger partial charge in [-0.1, -0.05) is 42.5 Å². The molecule has 0 atom stereocenters. The van der Waals surface area contributed by atoms with Gasteiger partial charge in [-0.3, -0.25) is 14.4 Å². The molecule has 0 saturated carbocycles. The van der Waals surface area contributed by atoms with E-state index in [0.29, 0.717) is 25.9 Å². The summed E-state index contributed by atoms with van der Waals surface area (Å²) in [5.41, 5.74) is 0.952. The molecule has 29 heavy (non-hydrogen) atoms. The number of hydrogen-bond donors (Lipinski definition) is 2. The molecule has 2 aromatic rings. The Balaban J connectivity index is 1.39. The molecule has 152 valence electrons. The summed E-state index contributed by atoms with van der Waals surface area (Å²) < 4.78 is 13.8. The summed E-state index contributed by atoms with van der Waals surface area (Å²) in [5.74, 6) is -1.33. The Morgan fingerprint density at radius 2 is 1.59 bits per heavy atom. The fraction of sp³-hybridized carbons (Fsp3) is 0.318. The summed E-state index contributed by atoms with van der Waals surface area (Å²) in [4.78, 5) is 38.0. The highest BCUT2D eigenvalue weighted by Gasteiger charge is 2.25. The molecule has 0 aliphatic carbocycles. The number of benzene rings is 2. The molecule has 3 rings (SSSR count). The molecule has 0 radical (unpaired) electrons. The van der Waals surface area contributed by atoms with E-state index in [0.717, 1.165) is 5.56 Å². The Morgan fingerprint density at radius 3 is 2.28 bits per heavy atom. The molecule has 2 aromatic carbocycles. The predicted molar refractivity (Wildman–Crippen MR) is 107 cm³/mol. The maximum absolute atomic E-state index is 13.8. The lowest BCUT2D eigenvalue weighted by atomic mass is 10.0. The van der Waals surface area contributed by atoms with Gasteiger partial charge in [0.05, 0.1) is 18.5 Å². The summed E-state index contributed by atoms with van der Waals surface area (Å²) in [6.45, 7) is 0.803. The highest BCUT2D eigenvalue weighted by atomic mass is 19.1. The van der Waals surface area contributed by atoms with E-state index in [-0.39, 0.29) is 42.3 Å². The average Bonchev–Trinajstić information content (AvgIpc) is 2.73. The van der Waals surface area contributed by atoms with Crippen LogP contribution >= 0.6 is 0 Å². The summed E-state index contributed by atoms with van der Waals surface area (Å²) in [7, 11) is 0. The maximum Gasteiger partial charge on any atom is 0.256 e. The number of amides is 3. The van der Waals surface area contributed by atoms with E-state index in [2.05, 4.69) is 10.6 Å². The minimum Gasteiger partial charge on any atom is -0.352 e. The van der Waals surface area contributed by atoms with Gasteiger partial charge >= 0.3 is 0 Å². The zero-order valence-electron chi connectivity index (χ0n) is 16.1. The predicted octanol–water partition coefficient (Wildman–Crippen LogP) is 1.91. The number of halogens is 1. The number of nitrogens with one attached hydrogen (secondary N) is 2. The molecular weight excluding hydrogens is 373 g/mol. The summed E-state index contributed by atoms with van der Waals surface area (Å²) >= 11 is 0. The van der Waals surface area contributed by atoms with Gasteiger partial charge in [-0.25, -0.2) is 4.39 Å². The van der Waals surface area contributed by atoms with Crippen molar-refractivity contribution < 1.29 is 18.8 Å². The van der Waals surface area contributed by atoms with E-state index < -0.39 is 5.82 Å². The van der Waals surface area contributed by atoms with Crippen molar-refractivity contribution in [2.45, 2.75) is 25.3 Å². The second-order valence-electron chi connectivity index (χ2n) is 7.05. The largest absolute Gasteiger partial charge is 0.352 e. The molecule has 6 nitrogen and oxygen atoms in total. The van der Waals surface area contributed by atoms with Crippen LogP contribution in [-0.2, 0) is 16.0 Å². The van der Waals surface area contributed by atoms with Crippen LogP contribution in [0.4, 0.5) is 4.39 Å². The van der Waals surface area contributed by atoms with E-state index in [1.54, 1.807) is 17.0 Å². The van der Waals surface area contributed by atoms with Crippen molar-refractivity contribution in [1.82, 2.24) is 15.5 Å². The maximum atomic E-state index is 13.8. The SMILES string of the molecule is O=C(Cc1ccccc1)NCC(=O)NC1CCN(C(=O)c2ccccc2F)CC1. The molecule has 1 heterocycles. The number of carbonyl (C=O) groups is 3. The molecule has 0 bridgehead atoms. The third-order valence-corrected chi connectivity index (χ3v) is 4.91. The minimum absolute atomic E-state index is 0.0658.